The molecule has 0 radical (unpaired) electrons. The Morgan fingerprint density at radius 3 is 3.07 bits per heavy atom. The lowest BCUT2D eigenvalue weighted by molar-refractivity contribution is -0.135. The van der Waals surface area contributed by atoms with E-state index in [4.69, 9.17) is 0 Å². The molecule has 4 rings (SSSR count). The third kappa shape index (κ3) is 3.48. The number of amides is 2. The molecule has 1 aromatic heterocycles. The van der Waals surface area contributed by atoms with E-state index in [2.05, 4.69) is 10.3 Å². The van der Waals surface area contributed by atoms with Gasteiger partial charge in [-0.1, -0.05) is 12.1 Å². The summed E-state index contributed by atoms with van der Waals surface area (Å²) in [6.45, 7) is 3.76. The van der Waals surface area contributed by atoms with E-state index in [1.807, 2.05) is 13.0 Å². The van der Waals surface area contributed by atoms with Crippen LogP contribution in [0.15, 0.2) is 24.4 Å². The second-order valence-corrected chi connectivity index (χ2v) is 9.76. The van der Waals surface area contributed by atoms with Gasteiger partial charge in [0.1, 0.15) is 11.9 Å². The summed E-state index contributed by atoms with van der Waals surface area (Å²) in [6, 6.07) is 4.74. The van der Waals surface area contributed by atoms with Crippen molar-refractivity contribution in [2.75, 3.05) is 11.1 Å². The summed E-state index contributed by atoms with van der Waals surface area (Å²) in [4.78, 5) is 31.6. The number of aryl methyl sites for hydroxylation is 1. The van der Waals surface area contributed by atoms with Gasteiger partial charge < -0.3 is 10.2 Å². The maximum absolute atomic E-state index is 13.7. The third-order valence-corrected chi connectivity index (χ3v) is 7.56. The SMILES string of the molecule is Cc1ccc(Cc2cnc(NC(=O)C3CSC4(C)CCC(=O)N34)s2)cc1F. The Morgan fingerprint density at radius 2 is 2.30 bits per heavy atom. The van der Waals surface area contributed by atoms with Crippen molar-refractivity contribution in [3.8, 4) is 0 Å². The van der Waals surface area contributed by atoms with Crippen molar-refractivity contribution >= 4 is 40.0 Å². The molecule has 27 heavy (non-hydrogen) atoms. The van der Waals surface area contributed by atoms with E-state index in [9.17, 15) is 14.0 Å². The number of hydrogen-bond acceptors (Lipinski definition) is 5. The normalized spacial score (nSPS) is 24.3. The Hall–Kier alpha value is -1.93. The number of carbonyl (C=O) groups is 2. The highest BCUT2D eigenvalue weighted by atomic mass is 32.2. The molecule has 2 unspecified atom stereocenters. The van der Waals surface area contributed by atoms with E-state index in [1.165, 1.54) is 17.4 Å². The molecular formula is C19H20FN3O2S2. The minimum absolute atomic E-state index is 0.0453. The summed E-state index contributed by atoms with van der Waals surface area (Å²) in [6.07, 6.45) is 3.55. The number of thioether (sulfide) groups is 1. The molecule has 2 amide bonds. The van der Waals surface area contributed by atoms with Crippen LogP contribution in [0.25, 0.3) is 0 Å². The van der Waals surface area contributed by atoms with Crippen molar-refractivity contribution in [2.24, 2.45) is 0 Å². The van der Waals surface area contributed by atoms with Gasteiger partial charge >= 0.3 is 0 Å². The van der Waals surface area contributed by atoms with Gasteiger partial charge in [0.05, 0.1) is 4.87 Å². The number of aromatic nitrogens is 1. The van der Waals surface area contributed by atoms with Gasteiger partial charge in [-0.2, -0.15) is 0 Å². The summed E-state index contributed by atoms with van der Waals surface area (Å²) in [5, 5.41) is 3.36. The summed E-state index contributed by atoms with van der Waals surface area (Å²) in [5.74, 6) is 0.241. The Balaban J connectivity index is 1.42. The van der Waals surface area contributed by atoms with Gasteiger partial charge in [-0.25, -0.2) is 9.37 Å². The van der Waals surface area contributed by atoms with Gasteiger partial charge in [0.15, 0.2) is 5.13 Å². The van der Waals surface area contributed by atoms with E-state index in [0.29, 0.717) is 29.3 Å². The Kier molecular flexibility index (Phi) is 4.71. The smallest absolute Gasteiger partial charge is 0.249 e. The van der Waals surface area contributed by atoms with E-state index in [0.717, 1.165) is 16.9 Å². The number of rotatable bonds is 4. The van der Waals surface area contributed by atoms with Crippen molar-refractivity contribution in [1.29, 1.82) is 0 Å². The van der Waals surface area contributed by atoms with Gasteiger partial charge in [-0.05, 0) is 37.5 Å². The number of hydrogen-bond donors (Lipinski definition) is 1. The maximum Gasteiger partial charge on any atom is 0.249 e. The summed E-state index contributed by atoms with van der Waals surface area (Å²) in [5.41, 5.74) is 1.49. The molecule has 2 aliphatic rings. The first-order valence-corrected chi connectivity index (χ1v) is 10.6. The lowest BCUT2D eigenvalue weighted by Crippen LogP contribution is -2.48. The molecular weight excluding hydrogens is 385 g/mol. The molecule has 5 nitrogen and oxygen atoms in total. The van der Waals surface area contributed by atoms with Gasteiger partial charge in [-0.3, -0.25) is 9.59 Å². The number of nitrogens with one attached hydrogen (secondary N) is 1. The lowest BCUT2D eigenvalue weighted by atomic mass is 10.1. The van der Waals surface area contributed by atoms with Crippen LogP contribution >= 0.6 is 23.1 Å². The first kappa shape index (κ1) is 18.4. The zero-order valence-electron chi connectivity index (χ0n) is 15.1. The fourth-order valence-electron chi connectivity index (χ4n) is 3.60. The van der Waals surface area contributed by atoms with Crippen LogP contribution in [0.5, 0.6) is 0 Å². The largest absolute Gasteiger partial charge is 0.315 e. The van der Waals surface area contributed by atoms with Crippen molar-refractivity contribution in [3.05, 3.63) is 46.2 Å². The molecule has 0 spiro atoms. The van der Waals surface area contributed by atoms with Gasteiger partial charge in [0.2, 0.25) is 11.8 Å². The number of carbonyl (C=O) groups excluding carboxylic acids is 2. The first-order valence-electron chi connectivity index (χ1n) is 8.82. The predicted octanol–water partition coefficient (Wildman–Crippen LogP) is 3.57. The summed E-state index contributed by atoms with van der Waals surface area (Å²) in [7, 11) is 0. The Labute approximate surface area is 165 Å². The molecule has 1 aromatic carbocycles. The molecule has 8 heteroatoms. The van der Waals surface area contributed by atoms with Crippen LogP contribution in [0.1, 0.15) is 35.8 Å². The summed E-state index contributed by atoms with van der Waals surface area (Å²) < 4.78 is 13.7. The first-order chi connectivity index (χ1) is 12.9. The minimum Gasteiger partial charge on any atom is -0.315 e. The van der Waals surface area contributed by atoms with Crippen LogP contribution in [0.4, 0.5) is 9.52 Å². The Morgan fingerprint density at radius 1 is 1.48 bits per heavy atom. The zero-order valence-corrected chi connectivity index (χ0v) is 16.8. The average Bonchev–Trinajstić information content (AvgIpc) is 3.27. The molecule has 0 bridgehead atoms. The van der Waals surface area contributed by atoms with Crippen LogP contribution in [0.3, 0.4) is 0 Å². The van der Waals surface area contributed by atoms with Crippen molar-refractivity contribution < 1.29 is 14.0 Å². The molecule has 2 saturated heterocycles. The molecule has 2 aliphatic heterocycles. The molecule has 142 valence electrons. The second-order valence-electron chi connectivity index (χ2n) is 7.15. The number of fused-ring (bicyclic) bond motifs is 1. The molecule has 0 aliphatic carbocycles. The molecule has 0 saturated carbocycles. The predicted molar refractivity (Wildman–Crippen MR) is 105 cm³/mol. The highest BCUT2D eigenvalue weighted by Crippen LogP contribution is 2.47. The maximum atomic E-state index is 13.7. The Bertz CT molecular complexity index is 916. The third-order valence-electron chi connectivity index (χ3n) is 5.15. The van der Waals surface area contributed by atoms with Crippen LogP contribution in [-0.2, 0) is 16.0 Å². The standard InChI is InChI=1S/C19H20FN3O2S2/c1-11-3-4-12(8-14(11)20)7-13-9-21-18(27-13)22-17(25)15-10-26-19(2)6-5-16(24)23(15)19/h3-4,8-9,15H,5-7,10H2,1-2H3,(H,21,22,25). The number of benzene rings is 1. The van der Waals surface area contributed by atoms with Crippen LogP contribution in [0, 0.1) is 12.7 Å². The van der Waals surface area contributed by atoms with Crippen molar-refractivity contribution in [3.63, 3.8) is 0 Å². The monoisotopic (exact) mass is 405 g/mol. The highest BCUT2D eigenvalue weighted by Gasteiger charge is 2.52. The quantitative estimate of drug-likeness (QED) is 0.845. The lowest BCUT2D eigenvalue weighted by Gasteiger charge is -2.29. The molecule has 1 N–H and O–H groups in total. The zero-order chi connectivity index (χ0) is 19.2. The topological polar surface area (TPSA) is 62.3 Å². The molecule has 2 fully saturated rings. The van der Waals surface area contributed by atoms with E-state index >= 15 is 0 Å². The van der Waals surface area contributed by atoms with Gasteiger partial charge in [0, 0.05) is 29.7 Å². The molecule has 2 atom stereocenters. The van der Waals surface area contributed by atoms with Crippen LogP contribution in [-0.4, -0.2) is 38.4 Å². The number of thiazole rings is 1. The molecule has 2 aromatic rings. The number of nitrogens with zero attached hydrogens (tertiary/aromatic N) is 2. The fraction of sp³-hybridized carbons (Fsp3) is 0.421. The van der Waals surface area contributed by atoms with Crippen molar-refractivity contribution in [1.82, 2.24) is 9.88 Å². The van der Waals surface area contributed by atoms with Crippen LogP contribution in [0.2, 0.25) is 0 Å². The van der Waals surface area contributed by atoms with Gasteiger partial charge in [-0.15, -0.1) is 23.1 Å². The van der Waals surface area contributed by atoms with E-state index < -0.39 is 6.04 Å². The highest BCUT2D eigenvalue weighted by molar-refractivity contribution is 8.01. The fourth-order valence-corrected chi connectivity index (χ4v) is 5.88. The average molecular weight is 406 g/mol. The van der Waals surface area contributed by atoms with E-state index in [1.54, 1.807) is 35.8 Å². The number of anilines is 1. The van der Waals surface area contributed by atoms with Crippen LogP contribution < -0.4 is 5.32 Å². The molecule has 3 heterocycles. The van der Waals surface area contributed by atoms with Gasteiger partial charge in [0.25, 0.3) is 0 Å². The van der Waals surface area contributed by atoms with Crippen molar-refractivity contribution in [2.45, 2.75) is 44.0 Å². The van der Waals surface area contributed by atoms with E-state index in [-0.39, 0.29) is 22.5 Å². The second kappa shape index (κ2) is 6.91. The summed E-state index contributed by atoms with van der Waals surface area (Å²) >= 11 is 3.04. The number of halogens is 1. The minimum atomic E-state index is -0.450.